The summed E-state index contributed by atoms with van der Waals surface area (Å²) in [7, 11) is 2.91. The van der Waals surface area contributed by atoms with E-state index in [2.05, 4.69) is 15.4 Å². The third kappa shape index (κ3) is 2.81. The highest BCUT2D eigenvalue weighted by molar-refractivity contribution is 6.03. The van der Waals surface area contributed by atoms with E-state index in [1.165, 1.54) is 30.8 Å². The van der Waals surface area contributed by atoms with Crippen LogP contribution in [0, 0.1) is 0 Å². The Morgan fingerprint density at radius 1 is 1.19 bits per heavy atom. The largest absolute Gasteiger partial charge is 0.332 e. The molecule has 3 heterocycles. The molecule has 0 fully saturated rings. The van der Waals surface area contributed by atoms with Crippen molar-refractivity contribution in [2.75, 3.05) is 5.32 Å². The molecule has 0 aromatic carbocycles. The molecule has 0 spiro atoms. The van der Waals surface area contributed by atoms with Gasteiger partial charge in [0, 0.05) is 20.2 Å². The number of aryl methyl sites for hydroxylation is 1. The van der Waals surface area contributed by atoms with Gasteiger partial charge in [0.25, 0.3) is 11.5 Å². The number of pyridine rings is 1. The van der Waals surface area contributed by atoms with Crippen LogP contribution in [0.15, 0.2) is 34.0 Å². The molecule has 0 aliphatic heterocycles. The summed E-state index contributed by atoms with van der Waals surface area (Å²) in [5.74, 6) is 0.120. The van der Waals surface area contributed by atoms with Crippen LogP contribution in [-0.2, 0) is 14.1 Å². The Labute approximate surface area is 148 Å². The van der Waals surface area contributed by atoms with Gasteiger partial charge in [-0.2, -0.15) is 5.10 Å². The topological polar surface area (TPSA) is 104 Å². The maximum atomic E-state index is 12.6. The number of carbonyl (C=O) groups is 1. The van der Waals surface area contributed by atoms with Gasteiger partial charge in [-0.3, -0.25) is 18.7 Å². The molecule has 1 N–H and O–H groups in total. The van der Waals surface area contributed by atoms with Gasteiger partial charge in [0.2, 0.25) is 0 Å². The summed E-state index contributed by atoms with van der Waals surface area (Å²) in [6.07, 6.45) is 2.48. The summed E-state index contributed by atoms with van der Waals surface area (Å²) in [5.41, 5.74) is -0.668. The molecule has 0 radical (unpaired) electrons. The first kappa shape index (κ1) is 17.6. The molecule has 0 aliphatic rings. The van der Waals surface area contributed by atoms with Crippen molar-refractivity contribution in [3.8, 4) is 0 Å². The van der Waals surface area contributed by atoms with Crippen molar-refractivity contribution < 1.29 is 4.79 Å². The summed E-state index contributed by atoms with van der Waals surface area (Å²) < 4.78 is 3.98. The van der Waals surface area contributed by atoms with Gasteiger partial charge in [0.05, 0.1) is 17.6 Å². The van der Waals surface area contributed by atoms with Crippen LogP contribution in [0.4, 0.5) is 5.82 Å². The normalized spacial score (nSPS) is 12.3. The van der Waals surface area contributed by atoms with E-state index < -0.39 is 17.2 Å². The van der Waals surface area contributed by atoms with Crippen LogP contribution >= 0.6 is 0 Å². The van der Waals surface area contributed by atoms with Crippen LogP contribution in [0.1, 0.15) is 36.8 Å². The maximum Gasteiger partial charge on any atom is 0.332 e. The molecular weight excluding hydrogens is 336 g/mol. The highest BCUT2D eigenvalue weighted by Gasteiger charge is 2.16. The highest BCUT2D eigenvalue weighted by atomic mass is 16.2. The van der Waals surface area contributed by atoms with Gasteiger partial charge < -0.3 is 5.32 Å². The van der Waals surface area contributed by atoms with Crippen molar-refractivity contribution in [2.45, 2.75) is 26.3 Å². The number of aromatic nitrogens is 5. The molecule has 1 unspecified atom stereocenters. The third-order valence-corrected chi connectivity index (χ3v) is 4.45. The maximum absolute atomic E-state index is 12.6. The lowest BCUT2D eigenvalue weighted by atomic mass is 10.2. The molecule has 0 saturated heterocycles. The first-order valence-electron chi connectivity index (χ1n) is 8.26. The predicted molar refractivity (Wildman–Crippen MR) is 97.4 cm³/mol. The number of nitrogens with zero attached hydrogens (tertiary/aromatic N) is 5. The Bertz CT molecular complexity index is 1110. The van der Waals surface area contributed by atoms with E-state index in [4.69, 9.17) is 0 Å². The lowest BCUT2D eigenvalue weighted by Gasteiger charge is -2.14. The number of carbonyl (C=O) groups excluding carboxylic acids is 1. The fourth-order valence-electron chi connectivity index (χ4n) is 2.70. The van der Waals surface area contributed by atoms with E-state index in [9.17, 15) is 14.4 Å². The van der Waals surface area contributed by atoms with E-state index in [0.717, 1.165) is 11.0 Å². The number of anilines is 1. The summed E-state index contributed by atoms with van der Waals surface area (Å²) in [5, 5.41) is 7.27. The van der Waals surface area contributed by atoms with Crippen molar-refractivity contribution in [2.24, 2.45) is 14.1 Å². The lowest BCUT2D eigenvalue weighted by Crippen LogP contribution is -2.37. The van der Waals surface area contributed by atoms with Crippen LogP contribution in [-0.4, -0.2) is 29.8 Å². The smallest absolute Gasteiger partial charge is 0.305 e. The summed E-state index contributed by atoms with van der Waals surface area (Å²) in [6, 6.07) is 4.81. The van der Waals surface area contributed by atoms with Gasteiger partial charge in [-0.15, -0.1) is 0 Å². The SMILES string of the molecule is CCC(C)n1nccc1NC(=O)c1ccc2c(=O)n(C)c(=O)n(C)c2n1. The standard InChI is InChI=1S/C17H20N6O3/c1-5-10(2)23-13(8-9-18-23)20-15(24)12-7-6-11-14(19-12)21(3)17(26)22(4)16(11)25/h6-10H,5H2,1-4H3,(H,20,24). The van der Waals surface area contributed by atoms with Crippen LogP contribution in [0.25, 0.3) is 11.0 Å². The van der Waals surface area contributed by atoms with Gasteiger partial charge in [0.15, 0.2) is 0 Å². The molecule has 3 aromatic heterocycles. The molecule has 9 heteroatoms. The second kappa shape index (κ2) is 6.58. The van der Waals surface area contributed by atoms with E-state index in [-0.39, 0.29) is 22.8 Å². The van der Waals surface area contributed by atoms with Gasteiger partial charge >= 0.3 is 5.69 Å². The Kier molecular flexibility index (Phi) is 4.45. The summed E-state index contributed by atoms with van der Waals surface area (Å²) in [4.78, 5) is 41.1. The fraction of sp³-hybridized carbons (Fsp3) is 0.353. The van der Waals surface area contributed by atoms with E-state index in [0.29, 0.717) is 5.82 Å². The lowest BCUT2D eigenvalue weighted by molar-refractivity contribution is 0.102. The Morgan fingerprint density at radius 3 is 2.62 bits per heavy atom. The zero-order valence-corrected chi connectivity index (χ0v) is 15.1. The molecule has 0 bridgehead atoms. The first-order chi connectivity index (χ1) is 12.3. The zero-order valence-electron chi connectivity index (χ0n) is 15.1. The molecular formula is C17H20N6O3. The van der Waals surface area contributed by atoms with Crippen molar-refractivity contribution in [1.82, 2.24) is 23.9 Å². The molecule has 3 rings (SSSR count). The highest BCUT2D eigenvalue weighted by Crippen LogP contribution is 2.17. The quantitative estimate of drug-likeness (QED) is 0.752. The minimum atomic E-state index is -0.498. The second-order valence-corrected chi connectivity index (χ2v) is 6.15. The van der Waals surface area contributed by atoms with Crippen LogP contribution in [0.3, 0.4) is 0 Å². The Hall–Kier alpha value is -3.23. The molecule has 0 saturated carbocycles. The monoisotopic (exact) mass is 356 g/mol. The summed E-state index contributed by atoms with van der Waals surface area (Å²) >= 11 is 0. The minimum absolute atomic E-state index is 0.109. The molecule has 1 atom stereocenters. The fourth-order valence-corrected chi connectivity index (χ4v) is 2.70. The Balaban J connectivity index is 2.01. The van der Waals surface area contributed by atoms with Gasteiger partial charge in [-0.25, -0.2) is 14.5 Å². The van der Waals surface area contributed by atoms with Gasteiger partial charge in [-0.1, -0.05) is 6.92 Å². The van der Waals surface area contributed by atoms with E-state index in [1.54, 1.807) is 16.9 Å². The van der Waals surface area contributed by atoms with Gasteiger partial charge in [0.1, 0.15) is 17.2 Å². The average molecular weight is 356 g/mol. The van der Waals surface area contributed by atoms with Crippen molar-refractivity contribution in [1.29, 1.82) is 0 Å². The molecule has 3 aromatic rings. The third-order valence-electron chi connectivity index (χ3n) is 4.45. The number of amides is 1. The number of nitrogens with one attached hydrogen (secondary N) is 1. The number of hydrogen-bond acceptors (Lipinski definition) is 5. The molecule has 136 valence electrons. The van der Waals surface area contributed by atoms with Gasteiger partial charge in [-0.05, 0) is 25.5 Å². The predicted octanol–water partition coefficient (Wildman–Crippen LogP) is 1.05. The molecule has 9 nitrogen and oxygen atoms in total. The molecule has 0 aliphatic carbocycles. The number of hydrogen-bond donors (Lipinski definition) is 1. The Morgan fingerprint density at radius 2 is 1.92 bits per heavy atom. The van der Waals surface area contributed by atoms with Crippen LogP contribution in [0.5, 0.6) is 0 Å². The number of rotatable bonds is 4. The van der Waals surface area contributed by atoms with E-state index >= 15 is 0 Å². The minimum Gasteiger partial charge on any atom is -0.305 e. The molecule has 1 amide bonds. The summed E-state index contributed by atoms with van der Waals surface area (Å²) in [6.45, 7) is 4.03. The number of fused-ring (bicyclic) bond motifs is 1. The van der Waals surface area contributed by atoms with Crippen molar-refractivity contribution >= 4 is 22.8 Å². The molecule has 26 heavy (non-hydrogen) atoms. The van der Waals surface area contributed by atoms with Crippen molar-refractivity contribution in [3.05, 3.63) is 50.9 Å². The zero-order chi connectivity index (χ0) is 19.0. The first-order valence-corrected chi connectivity index (χ1v) is 8.26. The van der Waals surface area contributed by atoms with Crippen LogP contribution < -0.4 is 16.6 Å². The van der Waals surface area contributed by atoms with Crippen LogP contribution in [0.2, 0.25) is 0 Å². The second-order valence-electron chi connectivity index (χ2n) is 6.15. The average Bonchev–Trinajstić information content (AvgIpc) is 3.11. The van der Waals surface area contributed by atoms with Crippen molar-refractivity contribution in [3.63, 3.8) is 0 Å². The van der Waals surface area contributed by atoms with E-state index in [1.807, 2.05) is 13.8 Å².